The van der Waals surface area contributed by atoms with Gasteiger partial charge >= 0.3 is 11.8 Å². The van der Waals surface area contributed by atoms with E-state index in [1.807, 2.05) is 6.92 Å². The molecular weight excluding hydrogens is 242 g/mol. The molecule has 0 saturated carbocycles. The minimum absolute atomic E-state index is 0.0239. The summed E-state index contributed by atoms with van der Waals surface area (Å²) in [5.41, 5.74) is 5.23. The van der Waals surface area contributed by atoms with Gasteiger partial charge in [0.2, 0.25) is 0 Å². The van der Waals surface area contributed by atoms with Crippen LogP contribution in [0.2, 0.25) is 0 Å². The predicted octanol–water partition coefficient (Wildman–Crippen LogP) is -0.728. The molecule has 1 atom stereocenters. The number of thiocarbonyl (C=S) groups is 1. The van der Waals surface area contributed by atoms with Crippen LogP contribution in [0.1, 0.15) is 13.8 Å². The van der Waals surface area contributed by atoms with Gasteiger partial charge in [-0.3, -0.25) is 9.59 Å². The van der Waals surface area contributed by atoms with Crippen molar-refractivity contribution in [3.05, 3.63) is 0 Å². The van der Waals surface area contributed by atoms with Gasteiger partial charge in [-0.25, -0.2) is 0 Å². The van der Waals surface area contributed by atoms with E-state index in [9.17, 15) is 9.59 Å². The molecule has 0 rings (SSSR count). The minimum Gasteiger partial charge on any atom is -0.392 e. The van der Waals surface area contributed by atoms with E-state index in [4.69, 9.17) is 10.5 Å². The molecule has 0 heterocycles. The normalized spacial score (nSPS) is 11.7. The van der Waals surface area contributed by atoms with Crippen molar-refractivity contribution in [1.82, 2.24) is 10.2 Å². The highest BCUT2D eigenvalue weighted by Gasteiger charge is 2.24. The van der Waals surface area contributed by atoms with Gasteiger partial charge in [-0.1, -0.05) is 12.2 Å². The fourth-order valence-corrected chi connectivity index (χ4v) is 1.43. The molecule has 0 aromatic rings. The number of hydrogen-bond acceptors (Lipinski definition) is 4. The highest BCUT2D eigenvalue weighted by atomic mass is 32.1. The van der Waals surface area contributed by atoms with Crippen LogP contribution in [0.15, 0.2) is 0 Å². The van der Waals surface area contributed by atoms with Crippen LogP contribution in [0.25, 0.3) is 0 Å². The highest BCUT2D eigenvalue weighted by molar-refractivity contribution is 7.80. The minimum atomic E-state index is -0.706. The van der Waals surface area contributed by atoms with Crippen molar-refractivity contribution in [1.29, 1.82) is 0 Å². The molecule has 0 bridgehead atoms. The number of carbonyl (C=O) groups excluding carboxylic acids is 2. The molecule has 2 amide bonds. The maximum atomic E-state index is 11.8. The number of likely N-dealkylation sites (N-methyl/N-ethyl adjacent to an activating group) is 1. The lowest BCUT2D eigenvalue weighted by Gasteiger charge is -2.26. The van der Waals surface area contributed by atoms with Gasteiger partial charge in [-0.15, -0.1) is 0 Å². The first-order valence-electron chi connectivity index (χ1n) is 5.30. The number of rotatable bonds is 6. The van der Waals surface area contributed by atoms with Gasteiger partial charge in [0.15, 0.2) is 0 Å². The molecule has 3 N–H and O–H groups in total. The predicted molar refractivity (Wildman–Crippen MR) is 68.5 cm³/mol. The van der Waals surface area contributed by atoms with E-state index in [-0.39, 0.29) is 17.6 Å². The van der Waals surface area contributed by atoms with Crippen molar-refractivity contribution in [2.75, 3.05) is 26.8 Å². The average Bonchev–Trinajstić information content (AvgIpc) is 2.26. The van der Waals surface area contributed by atoms with Gasteiger partial charge in [0.1, 0.15) is 0 Å². The van der Waals surface area contributed by atoms with Crippen molar-refractivity contribution in [3.63, 3.8) is 0 Å². The van der Waals surface area contributed by atoms with Crippen LogP contribution in [-0.2, 0) is 14.3 Å². The third-order valence-corrected chi connectivity index (χ3v) is 2.30. The van der Waals surface area contributed by atoms with Crippen molar-refractivity contribution >= 4 is 29.0 Å². The van der Waals surface area contributed by atoms with E-state index >= 15 is 0 Å². The quantitative estimate of drug-likeness (QED) is 0.486. The van der Waals surface area contributed by atoms with E-state index in [0.717, 1.165) is 0 Å². The Kier molecular flexibility index (Phi) is 7.40. The van der Waals surface area contributed by atoms with E-state index in [1.54, 1.807) is 14.0 Å². The van der Waals surface area contributed by atoms with E-state index in [1.165, 1.54) is 4.90 Å². The Balaban J connectivity index is 4.42. The van der Waals surface area contributed by atoms with Gasteiger partial charge in [0.05, 0.1) is 24.2 Å². The van der Waals surface area contributed by atoms with E-state index < -0.39 is 11.8 Å². The van der Waals surface area contributed by atoms with E-state index in [2.05, 4.69) is 17.5 Å². The summed E-state index contributed by atoms with van der Waals surface area (Å²) in [6, 6.07) is -0.159. The Labute approximate surface area is 106 Å². The summed E-state index contributed by atoms with van der Waals surface area (Å²) in [6.07, 6.45) is 0. The zero-order valence-electron chi connectivity index (χ0n) is 10.4. The van der Waals surface area contributed by atoms with Gasteiger partial charge in [0, 0.05) is 13.7 Å². The molecule has 0 aliphatic heterocycles. The number of hydrogen-bond donors (Lipinski definition) is 2. The van der Waals surface area contributed by atoms with Crippen molar-refractivity contribution < 1.29 is 14.3 Å². The molecule has 0 saturated heterocycles. The largest absolute Gasteiger partial charge is 0.392 e. The van der Waals surface area contributed by atoms with Crippen LogP contribution in [0, 0.1) is 0 Å². The Hall–Kier alpha value is -1.21. The molecule has 98 valence electrons. The zero-order chi connectivity index (χ0) is 13.4. The lowest BCUT2D eigenvalue weighted by Crippen LogP contribution is -2.49. The molecule has 0 aliphatic carbocycles. The topological polar surface area (TPSA) is 84.7 Å². The summed E-state index contributed by atoms with van der Waals surface area (Å²) in [5.74, 6) is -1.31. The molecule has 1 unspecified atom stereocenters. The number of nitrogens with zero attached hydrogens (tertiary/aromatic N) is 1. The summed E-state index contributed by atoms with van der Waals surface area (Å²) < 4.78 is 4.95. The number of methoxy groups -OCH3 is 1. The van der Waals surface area contributed by atoms with Crippen molar-refractivity contribution in [3.8, 4) is 0 Å². The fourth-order valence-electron chi connectivity index (χ4n) is 1.36. The average molecular weight is 261 g/mol. The molecule has 0 spiro atoms. The van der Waals surface area contributed by atoms with Crippen molar-refractivity contribution in [2.45, 2.75) is 19.9 Å². The lowest BCUT2D eigenvalue weighted by molar-refractivity contribution is -0.147. The third-order valence-electron chi connectivity index (χ3n) is 2.16. The van der Waals surface area contributed by atoms with Crippen LogP contribution < -0.4 is 11.1 Å². The molecule has 0 aliphatic rings. The molecular formula is C10H19N3O3S. The summed E-state index contributed by atoms with van der Waals surface area (Å²) in [4.78, 5) is 24.8. The number of carbonyl (C=O) groups is 2. The highest BCUT2D eigenvalue weighted by Crippen LogP contribution is 2.00. The Morgan fingerprint density at radius 2 is 2.12 bits per heavy atom. The second-order valence-electron chi connectivity index (χ2n) is 3.54. The maximum Gasteiger partial charge on any atom is 0.312 e. The van der Waals surface area contributed by atoms with Crippen molar-refractivity contribution in [2.24, 2.45) is 5.73 Å². The Morgan fingerprint density at radius 1 is 1.53 bits per heavy atom. The smallest absolute Gasteiger partial charge is 0.312 e. The second-order valence-corrected chi connectivity index (χ2v) is 4.07. The number of nitrogens with two attached hydrogens (primary N) is 1. The second kappa shape index (κ2) is 7.97. The molecule has 0 radical (unpaired) electrons. The standard InChI is InChI=1S/C10H19N3O3S/c1-4-13(7(2)6-16-3)10(15)9(14)12-5-8(11)17/h7H,4-6H2,1-3H3,(H2,11,17)(H,12,14). The van der Waals surface area contributed by atoms with Gasteiger partial charge < -0.3 is 20.7 Å². The maximum absolute atomic E-state index is 11.8. The van der Waals surface area contributed by atoms with Gasteiger partial charge in [-0.05, 0) is 13.8 Å². The molecule has 6 nitrogen and oxygen atoms in total. The van der Waals surface area contributed by atoms with Crippen LogP contribution in [0.5, 0.6) is 0 Å². The first-order valence-corrected chi connectivity index (χ1v) is 5.70. The van der Waals surface area contributed by atoms with Crippen LogP contribution in [0.4, 0.5) is 0 Å². The number of nitrogens with one attached hydrogen (secondary N) is 1. The number of ether oxygens (including phenoxy) is 1. The molecule has 0 aromatic heterocycles. The summed E-state index contributed by atoms with van der Waals surface area (Å²) in [7, 11) is 1.54. The third kappa shape index (κ3) is 5.60. The van der Waals surface area contributed by atoms with Crippen LogP contribution in [0.3, 0.4) is 0 Å². The van der Waals surface area contributed by atoms with E-state index in [0.29, 0.717) is 13.2 Å². The molecule has 7 heteroatoms. The number of amides is 2. The molecule has 0 fully saturated rings. The fraction of sp³-hybridized carbons (Fsp3) is 0.700. The lowest BCUT2D eigenvalue weighted by atomic mass is 10.3. The van der Waals surface area contributed by atoms with Gasteiger partial charge in [0.25, 0.3) is 0 Å². The Morgan fingerprint density at radius 3 is 2.53 bits per heavy atom. The van der Waals surface area contributed by atoms with Crippen LogP contribution >= 0.6 is 12.2 Å². The first kappa shape index (κ1) is 15.8. The Bertz CT molecular complexity index is 297. The summed E-state index contributed by atoms with van der Waals surface area (Å²) in [6.45, 7) is 4.44. The zero-order valence-corrected chi connectivity index (χ0v) is 11.2. The first-order chi connectivity index (χ1) is 7.93. The molecule has 0 aromatic carbocycles. The SMILES string of the molecule is CCN(C(=O)C(=O)NCC(N)=S)C(C)COC. The summed E-state index contributed by atoms with van der Waals surface area (Å²) in [5, 5.41) is 2.36. The monoisotopic (exact) mass is 261 g/mol. The molecule has 17 heavy (non-hydrogen) atoms. The summed E-state index contributed by atoms with van der Waals surface area (Å²) >= 11 is 4.61. The van der Waals surface area contributed by atoms with Gasteiger partial charge in [-0.2, -0.15) is 0 Å². The van der Waals surface area contributed by atoms with Crippen LogP contribution in [-0.4, -0.2) is 54.6 Å².